The van der Waals surface area contributed by atoms with Gasteiger partial charge in [0, 0.05) is 18.2 Å². The second-order valence-corrected chi connectivity index (χ2v) is 5.28. The van der Waals surface area contributed by atoms with E-state index in [1.54, 1.807) is 7.11 Å². The van der Waals surface area contributed by atoms with E-state index >= 15 is 0 Å². The van der Waals surface area contributed by atoms with Gasteiger partial charge < -0.3 is 20.9 Å². The van der Waals surface area contributed by atoms with Gasteiger partial charge in [0.2, 0.25) is 5.91 Å². The van der Waals surface area contributed by atoms with Crippen LogP contribution in [0.5, 0.6) is 5.75 Å². The summed E-state index contributed by atoms with van der Waals surface area (Å²) in [5.74, 6) is 0.366. The summed E-state index contributed by atoms with van der Waals surface area (Å²) in [5.41, 5.74) is 12.7. The molecule has 0 saturated carbocycles. The number of nitrogens with zero attached hydrogens (tertiary/aromatic N) is 1. The number of hydrogen-bond acceptors (Lipinski definition) is 5. The van der Waals surface area contributed by atoms with Crippen molar-refractivity contribution in [3.63, 3.8) is 0 Å². The summed E-state index contributed by atoms with van der Waals surface area (Å²) in [7, 11) is 1.63. The molecule has 6 nitrogen and oxygen atoms in total. The second kappa shape index (κ2) is 6.89. The Kier molecular flexibility index (Phi) is 5.17. The molecule has 0 spiro atoms. The van der Waals surface area contributed by atoms with Gasteiger partial charge in [-0.1, -0.05) is 18.2 Å². The van der Waals surface area contributed by atoms with Gasteiger partial charge in [0.1, 0.15) is 11.8 Å². The maximum absolute atomic E-state index is 11.7. The van der Waals surface area contributed by atoms with Crippen LogP contribution < -0.4 is 16.2 Å². The van der Waals surface area contributed by atoms with Crippen molar-refractivity contribution in [1.29, 1.82) is 0 Å². The summed E-state index contributed by atoms with van der Waals surface area (Å²) in [4.78, 5) is 13.7. The maximum Gasteiger partial charge on any atom is 0.237 e. The van der Waals surface area contributed by atoms with Crippen LogP contribution in [0.15, 0.2) is 24.3 Å². The summed E-state index contributed by atoms with van der Waals surface area (Å²) in [6.07, 6.45) is 0. The number of ether oxygens (including phenoxy) is 2. The number of amides is 1. The van der Waals surface area contributed by atoms with E-state index in [-0.39, 0.29) is 12.1 Å². The Labute approximate surface area is 125 Å². The van der Waals surface area contributed by atoms with Gasteiger partial charge in [-0.05, 0) is 13.0 Å². The summed E-state index contributed by atoms with van der Waals surface area (Å²) >= 11 is 0. The zero-order valence-corrected chi connectivity index (χ0v) is 12.5. The van der Waals surface area contributed by atoms with E-state index < -0.39 is 11.9 Å². The Morgan fingerprint density at radius 1 is 1.48 bits per heavy atom. The fourth-order valence-electron chi connectivity index (χ4n) is 2.87. The van der Waals surface area contributed by atoms with Crippen LogP contribution in [0.2, 0.25) is 0 Å². The molecule has 21 heavy (non-hydrogen) atoms. The molecule has 0 bridgehead atoms. The summed E-state index contributed by atoms with van der Waals surface area (Å²) in [6, 6.07) is 6.91. The lowest BCUT2D eigenvalue weighted by molar-refractivity contribution is -0.131. The lowest BCUT2D eigenvalue weighted by atomic mass is 9.96. The van der Waals surface area contributed by atoms with Gasteiger partial charge >= 0.3 is 0 Å². The van der Waals surface area contributed by atoms with Crippen LogP contribution in [-0.4, -0.2) is 49.8 Å². The molecule has 1 saturated heterocycles. The minimum absolute atomic E-state index is 0.150. The molecule has 1 aliphatic heterocycles. The van der Waals surface area contributed by atoms with Crippen LogP contribution in [0, 0.1) is 0 Å². The van der Waals surface area contributed by atoms with Crippen molar-refractivity contribution >= 4 is 5.91 Å². The Hall–Kier alpha value is -1.63. The zero-order valence-electron chi connectivity index (χ0n) is 12.5. The highest BCUT2D eigenvalue weighted by Gasteiger charge is 2.36. The van der Waals surface area contributed by atoms with Crippen LogP contribution in [0.4, 0.5) is 0 Å². The fourth-order valence-corrected chi connectivity index (χ4v) is 2.87. The molecule has 0 aliphatic carbocycles. The van der Waals surface area contributed by atoms with Gasteiger partial charge in [-0.15, -0.1) is 0 Å². The minimum Gasteiger partial charge on any atom is -0.496 e. The first-order valence-electron chi connectivity index (χ1n) is 7.07. The number of carbonyl (C=O) groups is 1. The van der Waals surface area contributed by atoms with Crippen molar-refractivity contribution in [2.45, 2.75) is 25.0 Å². The molecule has 1 aromatic carbocycles. The van der Waals surface area contributed by atoms with Crippen molar-refractivity contribution in [2.75, 3.05) is 26.9 Å². The van der Waals surface area contributed by atoms with Crippen molar-refractivity contribution < 1.29 is 14.3 Å². The molecule has 116 valence electrons. The Morgan fingerprint density at radius 2 is 2.19 bits per heavy atom. The van der Waals surface area contributed by atoms with Gasteiger partial charge in [0.15, 0.2) is 0 Å². The molecular formula is C15H23N3O3. The predicted molar refractivity (Wildman–Crippen MR) is 79.9 cm³/mol. The number of benzene rings is 1. The predicted octanol–water partition coefficient (Wildman–Crippen LogP) is 0.270. The van der Waals surface area contributed by atoms with Gasteiger partial charge in [-0.2, -0.15) is 0 Å². The monoisotopic (exact) mass is 293 g/mol. The van der Waals surface area contributed by atoms with E-state index in [1.165, 1.54) is 0 Å². The molecule has 2 rings (SSSR count). The van der Waals surface area contributed by atoms with E-state index in [9.17, 15) is 4.79 Å². The number of methoxy groups -OCH3 is 1. The number of morpholine rings is 1. The van der Waals surface area contributed by atoms with Crippen molar-refractivity contribution in [2.24, 2.45) is 11.5 Å². The molecule has 1 amide bonds. The third-order valence-electron chi connectivity index (χ3n) is 3.81. The average Bonchev–Trinajstić information content (AvgIpc) is 2.48. The maximum atomic E-state index is 11.7. The molecule has 3 atom stereocenters. The lowest BCUT2D eigenvalue weighted by Crippen LogP contribution is -2.56. The van der Waals surface area contributed by atoms with Gasteiger partial charge in [0.05, 0.1) is 26.4 Å². The van der Waals surface area contributed by atoms with E-state index in [1.807, 2.05) is 36.1 Å². The Balaban J connectivity index is 2.40. The van der Waals surface area contributed by atoms with Crippen LogP contribution >= 0.6 is 0 Å². The third-order valence-corrected chi connectivity index (χ3v) is 3.81. The summed E-state index contributed by atoms with van der Waals surface area (Å²) in [5, 5.41) is 0. The molecule has 3 unspecified atom stereocenters. The SMILES string of the molecule is COc1ccccc1C(C(C)N)N1CCOCC1C(N)=O. The van der Waals surface area contributed by atoms with E-state index in [0.717, 1.165) is 11.3 Å². The van der Waals surface area contributed by atoms with Crippen LogP contribution in [-0.2, 0) is 9.53 Å². The quantitative estimate of drug-likeness (QED) is 0.813. The highest BCUT2D eigenvalue weighted by atomic mass is 16.5. The van der Waals surface area contributed by atoms with Crippen LogP contribution in [0.3, 0.4) is 0 Å². The Bertz CT molecular complexity index is 493. The van der Waals surface area contributed by atoms with Crippen molar-refractivity contribution in [3.8, 4) is 5.75 Å². The number of nitrogens with two attached hydrogens (primary N) is 2. The zero-order chi connectivity index (χ0) is 15.4. The highest BCUT2D eigenvalue weighted by Crippen LogP contribution is 2.33. The molecule has 1 heterocycles. The number of hydrogen-bond donors (Lipinski definition) is 2. The van der Waals surface area contributed by atoms with Crippen LogP contribution in [0.25, 0.3) is 0 Å². The average molecular weight is 293 g/mol. The minimum atomic E-state index is -0.473. The van der Waals surface area contributed by atoms with Gasteiger partial charge in [0.25, 0.3) is 0 Å². The standard InChI is InChI=1S/C15H23N3O3/c1-10(16)14(11-5-3-4-6-13(11)20-2)18-7-8-21-9-12(18)15(17)19/h3-6,10,12,14H,7-9,16H2,1-2H3,(H2,17,19). The summed E-state index contributed by atoms with van der Waals surface area (Å²) < 4.78 is 10.8. The number of primary amides is 1. The van der Waals surface area contributed by atoms with Crippen molar-refractivity contribution in [3.05, 3.63) is 29.8 Å². The summed E-state index contributed by atoms with van der Waals surface area (Å²) in [6.45, 7) is 3.39. The highest BCUT2D eigenvalue weighted by molar-refractivity contribution is 5.80. The number of carbonyl (C=O) groups excluding carboxylic acids is 1. The fraction of sp³-hybridized carbons (Fsp3) is 0.533. The first kappa shape index (κ1) is 15.8. The Morgan fingerprint density at radius 3 is 2.81 bits per heavy atom. The van der Waals surface area contributed by atoms with E-state index in [2.05, 4.69) is 0 Å². The normalized spacial score (nSPS) is 22.5. The first-order valence-corrected chi connectivity index (χ1v) is 7.07. The molecule has 0 aromatic heterocycles. The van der Waals surface area contributed by atoms with Crippen LogP contribution in [0.1, 0.15) is 18.5 Å². The first-order chi connectivity index (χ1) is 10.1. The topological polar surface area (TPSA) is 90.8 Å². The van der Waals surface area contributed by atoms with Gasteiger partial charge in [-0.3, -0.25) is 9.69 Å². The smallest absolute Gasteiger partial charge is 0.237 e. The number of rotatable bonds is 5. The van der Waals surface area contributed by atoms with E-state index in [0.29, 0.717) is 19.8 Å². The lowest BCUT2D eigenvalue weighted by Gasteiger charge is -2.41. The molecule has 1 fully saturated rings. The molecule has 6 heteroatoms. The molecule has 1 aliphatic rings. The third kappa shape index (κ3) is 3.34. The molecule has 0 radical (unpaired) electrons. The molecular weight excluding hydrogens is 270 g/mol. The van der Waals surface area contributed by atoms with E-state index in [4.69, 9.17) is 20.9 Å². The van der Waals surface area contributed by atoms with Gasteiger partial charge in [-0.25, -0.2) is 0 Å². The largest absolute Gasteiger partial charge is 0.496 e. The second-order valence-electron chi connectivity index (χ2n) is 5.28. The molecule has 1 aromatic rings. The van der Waals surface area contributed by atoms with Crippen molar-refractivity contribution in [1.82, 2.24) is 4.90 Å². The molecule has 4 N–H and O–H groups in total. The number of para-hydroxylation sites is 1.